The number of carbonyl (C=O) groups excluding carboxylic acids is 1. The molecule has 1 fully saturated rings. The molecule has 0 saturated carbocycles. The van der Waals surface area contributed by atoms with Gasteiger partial charge in [0.25, 0.3) is 0 Å². The Morgan fingerprint density at radius 1 is 1.47 bits per heavy atom. The van der Waals surface area contributed by atoms with Gasteiger partial charge in [0.15, 0.2) is 0 Å². The molecular weight excluding hydrogens is 214 g/mol. The van der Waals surface area contributed by atoms with Gasteiger partial charge in [-0.3, -0.25) is 9.59 Å². The molecule has 1 amide bonds. The predicted molar refractivity (Wildman–Crippen MR) is 60.0 cm³/mol. The molecular formula is C10H17NO3S. The van der Waals surface area contributed by atoms with Gasteiger partial charge < -0.3 is 10.0 Å². The molecule has 0 spiro atoms. The molecule has 15 heavy (non-hydrogen) atoms. The van der Waals surface area contributed by atoms with E-state index in [1.807, 2.05) is 6.92 Å². The first kappa shape index (κ1) is 12.4. The second-order valence-corrected chi connectivity index (χ2v) is 4.91. The summed E-state index contributed by atoms with van der Waals surface area (Å²) in [6.45, 7) is 2.11. The van der Waals surface area contributed by atoms with E-state index in [0.717, 1.165) is 18.6 Å². The van der Waals surface area contributed by atoms with Crippen LogP contribution in [0.3, 0.4) is 0 Å². The molecule has 1 heterocycles. The molecule has 0 aliphatic carbocycles. The zero-order valence-electron chi connectivity index (χ0n) is 8.94. The van der Waals surface area contributed by atoms with Crippen molar-refractivity contribution in [1.29, 1.82) is 0 Å². The van der Waals surface area contributed by atoms with Crippen molar-refractivity contribution in [2.75, 3.05) is 18.8 Å². The summed E-state index contributed by atoms with van der Waals surface area (Å²) < 4.78 is 0. The molecule has 1 aliphatic rings. The highest BCUT2D eigenvalue weighted by atomic mass is 32.2. The number of carbonyl (C=O) groups is 2. The number of rotatable bonds is 4. The SMILES string of the molecule is CCN(CC(=O)O)C(=O)C1CCCCS1. The molecule has 1 saturated heterocycles. The molecule has 1 aliphatic heterocycles. The summed E-state index contributed by atoms with van der Waals surface area (Å²) in [4.78, 5) is 23.9. The van der Waals surface area contributed by atoms with Crippen LogP contribution in [0.4, 0.5) is 0 Å². The molecule has 1 unspecified atom stereocenters. The second kappa shape index (κ2) is 6.00. The molecule has 0 aromatic carbocycles. The van der Waals surface area contributed by atoms with E-state index in [0.29, 0.717) is 6.54 Å². The highest BCUT2D eigenvalue weighted by molar-refractivity contribution is 8.00. The Bertz CT molecular complexity index is 239. The van der Waals surface area contributed by atoms with Gasteiger partial charge in [0, 0.05) is 6.54 Å². The summed E-state index contributed by atoms with van der Waals surface area (Å²) in [5.41, 5.74) is 0. The van der Waals surface area contributed by atoms with Gasteiger partial charge in [-0.1, -0.05) is 6.42 Å². The lowest BCUT2D eigenvalue weighted by atomic mass is 10.1. The van der Waals surface area contributed by atoms with Crippen molar-refractivity contribution in [3.8, 4) is 0 Å². The van der Waals surface area contributed by atoms with Crippen LogP contribution in [-0.4, -0.2) is 46.0 Å². The van der Waals surface area contributed by atoms with Crippen LogP contribution < -0.4 is 0 Å². The van der Waals surface area contributed by atoms with Crippen molar-refractivity contribution in [1.82, 2.24) is 4.90 Å². The number of hydrogen-bond donors (Lipinski definition) is 1. The molecule has 1 rings (SSSR count). The van der Waals surface area contributed by atoms with Gasteiger partial charge in [0.1, 0.15) is 6.54 Å². The topological polar surface area (TPSA) is 57.6 Å². The second-order valence-electron chi connectivity index (χ2n) is 3.60. The Morgan fingerprint density at radius 2 is 2.20 bits per heavy atom. The summed E-state index contributed by atoms with van der Waals surface area (Å²) in [7, 11) is 0. The van der Waals surface area contributed by atoms with Crippen LogP contribution in [0.25, 0.3) is 0 Å². The van der Waals surface area contributed by atoms with Gasteiger partial charge in [-0.15, -0.1) is 11.8 Å². The maximum absolute atomic E-state index is 11.9. The van der Waals surface area contributed by atoms with Crippen molar-refractivity contribution >= 4 is 23.6 Å². The monoisotopic (exact) mass is 231 g/mol. The minimum absolute atomic E-state index is 0.00963. The third-order valence-corrected chi connectivity index (χ3v) is 3.84. The molecule has 86 valence electrons. The first-order valence-electron chi connectivity index (χ1n) is 5.27. The van der Waals surface area contributed by atoms with Crippen molar-refractivity contribution in [3.05, 3.63) is 0 Å². The Morgan fingerprint density at radius 3 is 2.67 bits per heavy atom. The molecule has 0 bridgehead atoms. The zero-order valence-corrected chi connectivity index (χ0v) is 9.76. The lowest BCUT2D eigenvalue weighted by molar-refractivity contribution is -0.144. The maximum Gasteiger partial charge on any atom is 0.323 e. The van der Waals surface area contributed by atoms with Crippen LogP contribution >= 0.6 is 11.8 Å². The van der Waals surface area contributed by atoms with Gasteiger partial charge in [-0.25, -0.2) is 0 Å². The van der Waals surface area contributed by atoms with E-state index >= 15 is 0 Å². The van der Waals surface area contributed by atoms with Gasteiger partial charge in [0.05, 0.1) is 5.25 Å². The maximum atomic E-state index is 11.9. The summed E-state index contributed by atoms with van der Waals surface area (Å²) in [6.07, 6.45) is 3.13. The fourth-order valence-electron chi connectivity index (χ4n) is 1.65. The van der Waals surface area contributed by atoms with E-state index in [1.165, 1.54) is 11.3 Å². The number of nitrogens with zero attached hydrogens (tertiary/aromatic N) is 1. The smallest absolute Gasteiger partial charge is 0.323 e. The quantitative estimate of drug-likeness (QED) is 0.790. The van der Waals surface area contributed by atoms with Crippen LogP contribution in [0, 0.1) is 0 Å². The fourth-order valence-corrected chi connectivity index (χ4v) is 2.93. The average molecular weight is 231 g/mol. The Labute approximate surface area is 94.0 Å². The van der Waals surface area contributed by atoms with Crippen LogP contribution in [0.15, 0.2) is 0 Å². The van der Waals surface area contributed by atoms with Crippen LogP contribution in [0.1, 0.15) is 26.2 Å². The lowest BCUT2D eigenvalue weighted by Crippen LogP contribution is -2.41. The Balaban J connectivity index is 2.50. The summed E-state index contributed by atoms with van der Waals surface area (Å²) in [5.74, 6) is 0.0664. The third kappa shape index (κ3) is 3.74. The van der Waals surface area contributed by atoms with E-state index < -0.39 is 5.97 Å². The summed E-state index contributed by atoms with van der Waals surface area (Å²) >= 11 is 1.66. The van der Waals surface area contributed by atoms with E-state index in [-0.39, 0.29) is 17.7 Å². The van der Waals surface area contributed by atoms with Crippen molar-refractivity contribution in [3.63, 3.8) is 0 Å². The molecule has 1 N–H and O–H groups in total. The Kier molecular flexibility index (Phi) is 4.94. The first-order chi connectivity index (χ1) is 7.15. The number of carboxylic acids is 1. The number of hydrogen-bond acceptors (Lipinski definition) is 3. The lowest BCUT2D eigenvalue weighted by Gasteiger charge is -2.26. The molecule has 0 aromatic heterocycles. The zero-order chi connectivity index (χ0) is 11.3. The summed E-state index contributed by atoms with van der Waals surface area (Å²) in [5, 5.41) is 8.65. The van der Waals surface area contributed by atoms with Crippen LogP contribution in [-0.2, 0) is 9.59 Å². The summed E-state index contributed by atoms with van der Waals surface area (Å²) in [6, 6.07) is 0. The Hall–Kier alpha value is -0.710. The van der Waals surface area contributed by atoms with E-state index in [1.54, 1.807) is 11.8 Å². The van der Waals surface area contributed by atoms with Crippen molar-refractivity contribution in [2.24, 2.45) is 0 Å². The molecule has 0 aromatic rings. The highest BCUT2D eigenvalue weighted by Crippen LogP contribution is 2.26. The highest BCUT2D eigenvalue weighted by Gasteiger charge is 2.26. The van der Waals surface area contributed by atoms with Gasteiger partial charge in [0.2, 0.25) is 5.91 Å². The van der Waals surface area contributed by atoms with Gasteiger partial charge in [-0.05, 0) is 25.5 Å². The normalized spacial score (nSPS) is 21.0. The van der Waals surface area contributed by atoms with E-state index in [2.05, 4.69) is 0 Å². The third-order valence-electron chi connectivity index (χ3n) is 2.47. The van der Waals surface area contributed by atoms with Crippen molar-refractivity contribution < 1.29 is 14.7 Å². The van der Waals surface area contributed by atoms with Crippen LogP contribution in [0.2, 0.25) is 0 Å². The van der Waals surface area contributed by atoms with E-state index in [9.17, 15) is 9.59 Å². The molecule has 5 heteroatoms. The van der Waals surface area contributed by atoms with Gasteiger partial charge >= 0.3 is 5.97 Å². The van der Waals surface area contributed by atoms with Crippen LogP contribution in [0.5, 0.6) is 0 Å². The molecule has 1 atom stereocenters. The largest absolute Gasteiger partial charge is 0.480 e. The number of amides is 1. The number of carboxylic acid groups (broad SMARTS) is 1. The first-order valence-corrected chi connectivity index (χ1v) is 6.32. The molecule has 4 nitrogen and oxygen atoms in total. The number of likely N-dealkylation sites (N-methyl/N-ethyl adjacent to an activating group) is 1. The minimum Gasteiger partial charge on any atom is -0.480 e. The number of aliphatic carboxylic acids is 1. The predicted octanol–water partition coefficient (Wildman–Crippen LogP) is 1.21. The molecule has 0 radical (unpaired) electrons. The van der Waals surface area contributed by atoms with Crippen molar-refractivity contribution in [2.45, 2.75) is 31.4 Å². The van der Waals surface area contributed by atoms with E-state index in [4.69, 9.17) is 5.11 Å². The minimum atomic E-state index is -0.939. The fraction of sp³-hybridized carbons (Fsp3) is 0.800. The van der Waals surface area contributed by atoms with Gasteiger partial charge in [-0.2, -0.15) is 0 Å². The standard InChI is InChI=1S/C10H17NO3S/c1-2-11(7-9(12)13)10(14)8-5-3-4-6-15-8/h8H,2-7H2,1H3,(H,12,13). The average Bonchev–Trinajstić information content (AvgIpc) is 2.26. The number of thioether (sulfide) groups is 1.